The summed E-state index contributed by atoms with van der Waals surface area (Å²) in [5, 5.41) is 8.91. The van der Waals surface area contributed by atoms with E-state index in [1.54, 1.807) is 18.3 Å². The fourth-order valence-electron chi connectivity index (χ4n) is 3.08. The van der Waals surface area contributed by atoms with Crippen LogP contribution in [0.2, 0.25) is 0 Å². The zero-order valence-electron chi connectivity index (χ0n) is 12.5. The lowest BCUT2D eigenvalue weighted by Gasteiger charge is -2.23. The van der Waals surface area contributed by atoms with Gasteiger partial charge in [-0.05, 0) is 38.1 Å². The van der Waals surface area contributed by atoms with E-state index in [0.29, 0.717) is 17.3 Å². The number of nitrogens with two attached hydrogens (primary N) is 1. The van der Waals surface area contributed by atoms with Crippen LogP contribution >= 0.6 is 0 Å². The van der Waals surface area contributed by atoms with Crippen LogP contribution in [0.25, 0.3) is 22.3 Å². The van der Waals surface area contributed by atoms with E-state index in [1.807, 2.05) is 4.68 Å². The summed E-state index contributed by atoms with van der Waals surface area (Å²) < 4.78 is 15.8. The summed E-state index contributed by atoms with van der Waals surface area (Å²) in [6.07, 6.45) is 5.25. The molecule has 0 spiro atoms. The Kier molecular flexibility index (Phi) is 3.42. The zero-order chi connectivity index (χ0) is 15.8. The highest BCUT2D eigenvalue weighted by Crippen LogP contribution is 2.31. The predicted molar refractivity (Wildman–Crippen MR) is 86.3 cm³/mol. The normalized spacial score (nSPS) is 16.0. The fraction of sp³-hybridized carbons (Fsp3) is 0.312. The van der Waals surface area contributed by atoms with Gasteiger partial charge in [0.2, 0.25) is 0 Å². The van der Waals surface area contributed by atoms with Crippen molar-refractivity contribution in [1.82, 2.24) is 25.1 Å². The Labute approximate surface area is 132 Å². The van der Waals surface area contributed by atoms with Crippen molar-refractivity contribution in [2.45, 2.75) is 18.9 Å². The van der Waals surface area contributed by atoms with Gasteiger partial charge in [0.05, 0.1) is 17.1 Å². The molecule has 23 heavy (non-hydrogen) atoms. The molecule has 3 N–H and O–H groups in total. The largest absolute Gasteiger partial charge is 0.396 e. The average Bonchev–Trinajstić information content (AvgIpc) is 2.98. The molecule has 0 atom stereocenters. The summed E-state index contributed by atoms with van der Waals surface area (Å²) in [5.74, 6) is -0.441. The molecule has 1 aliphatic heterocycles. The number of aromatic nitrogens is 4. The first-order chi connectivity index (χ1) is 11.2. The van der Waals surface area contributed by atoms with Crippen LogP contribution in [0.4, 0.5) is 10.1 Å². The number of nitrogens with zero attached hydrogens (tertiary/aromatic N) is 4. The van der Waals surface area contributed by atoms with Crippen molar-refractivity contribution in [3.8, 4) is 11.3 Å². The summed E-state index contributed by atoms with van der Waals surface area (Å²) in [7, 11) is 0. The minimum Gasteiger partial charge on any atom is -0.396 e. The highest BCUT2D eigenvalue weighted by Gasteiger charge is 2.22. The van der Waals surface area contributed by atoms with Crippen molar-refractivity contribution in [2.24, 2.45) is 0 Å². The second-order valence-electron chi connectivity index (χ2n) is 5.77. The van der Waals surface area contributed by atoms with E-state index in [4.69, 9.17) is 10.8 Å². The Hall–Kier alpha value is -2.54. The number of anilines is 1. The number of benzene rings is 1. The molecule has 1 aliphatic rings. The standard InChI is InChI=1S/C16H17FN6/c17-13-7-10(1-2-14(13)18)15-12-8-20-9-21-16(12)23(22-15)11-3-5-19-6-4-11/h1-2,7-9,11,19H,3-6,18H2. The number of hydrogen-bond donors (Lipinski definition) is 2. The first kappa shape index (κ1) is 14.1. The van der Waals surface area contributed by atoms with Crippen LogP contribution in [0, 0.1) is 5.82 Å². The van der Waals surface area contributed by atoms with Crippen molar-refractivity contribution in [3.05, 3.63) is 36.5 Å². The minimum atomic E-state index is -0.441. The van der Waals surface area contributed by atoms with Gasteiger partial charge < -0.3 is 11.1 Å². The Morgan fingerprint density at radius 1 is 1.26 bits per heavy atom. The maximum atomic E-state index is 13.8. The monoisotopic (exact) mass is 312 g/mol. The molecule has 0 radical (unpaired) electrons. The molecule has 1 aromatic carbocycles. The van der Waals surface area contributed by atoms with Crippen molar-refractivity contribution in [2.75, 3.05) is 18.8 Å². The topological polar surface area (TPSA) is 81.6 Å². The summed E-state index contributed by atoms with van der Waals surface area (Å²) >= 11 is 0. The molecule has 3 heterocycles. The summed E-state index contributed by atoms with van der Waals surface area (Å²) in [6, 6.07) is 5.04. The molecular weight excluding hydrogens is 295 g/mol. The Morgan fingerprint density at radius 3 is 2.87 bits per heavy atom. The van der Waals surface area contributed by atoms with Crippen LogP contribution in [-0.4, -0.2) is 32.8 Å². The van der Waals surface area contributed by atoms with Gasteiger partial charge in [-0.25, -0.2) is 19.0 Å². The minimum absolute atomic E-state index is 0.132. The molecule has 0 aliphatic carbocycles. The zero-order valence-corrected chi connectivity index (χ0v) is 12.5. The molecule has 0 bridgehead atoms. The number of halogens is 1. The molecule has 4 rings (SSSR count). The predicted octanol–water partition coefficient (Wildman–Crippen LogP) is 2.14. The molecule has 6 nitrogen and oxygen atoms in total. The van der Waals surface area contributed by atoms with Crippen LogP contribution < -0.4 is 11.1 Å². The number of nitrogen functional groups attached to an aromatic ring is 1. The fourth-order valence-corrected chi connectivity index (χ4v) is 3.08. The van der Waals surface area contributed by atoms with Gasteiger partial charge >= 0.3 is 0 Å². The second-order valence-corrected chi connectivity index (χ2v) is 5.77. The van der Waals surface area contributed by atoms with E-state index >= 15 is 0 Å². The van der Waals surface area contributed by atoms with Gasteiger partial charge in [0.25, 0.3) is 0 Å². The molecule has 1 saturated heterocycles. The van der Waals surface area contributed by atoms with E-state index in [2.05, 4.69) is 15.3 Å². The lowest BCUT2D eigenvalue weighted by molar-refractivity contribution is 0.350. The summed E-state index contributed by atoms with van der Waals surface area (Å²) in [6.45, 7) is 1.92. The molecule has 0 unspecified atom stereocenters. The number of hydrogen-bond acceptors (Lipinski definition) is 5. The van der Waals surface area contributed by atoms with Crippen molar-refractivity contribution in [1.29, 1.82) is 0 Å². The molecule has 3 aromatic rings. The van der Waals surface area contributed by atoms with Gasteiger partial charge in [0.15, 0.2) is 5.65 Å². The molecule has 2 aromatic heterocycles. The summed E-state index contributed by atoms with van der Waals surface area (Å²) in [5.41, 5.74) is 7.87. The Morgan fingerprint density at radius 2 is 2.09 bits per heavy atom. The van der Waals surface area contributed by atoms with E-state index in [0.717, 1.165) is 37.0 Å². The van der Waals surface area contributed by atoms with Gasteiger partial charge in [0.1, 0.15) is 17.8 Å². The molecule has 7 heteroatoms. The quantitative estimate of drug-likeness (QED) is 0.709. The van der Waals surface area contributed by atoms with Crippen LogP contribution in [0.15, 0.2) is 30.7 Å². The molecule has 1 fully saturated rings. The highest BCUT2D eigenvalue weighted by molar-refractivity contribution is 5.90. The third kappa shape index (κ3) is 2.43. The lowest BCUT2D eigenvalue weighted by atomic mass is 10.1. The highest BCUT2D eigenvalue weighted by atomic mass is 19.1. The Balaban J connectivity index is 1.88. The number of rotatable bonds is 2. The van der Waals surface area contributed by atoms with Crippen molar-refractivity contribution in [3.63, 3.8) is 0 Å². The smallest absolute Gasteiger partial charge is 0.162 e. The first-order valence-corrected chi connectivity index (χ1v) is 7.68. The van der Waals surface area contributed by atoms with Gasteiger partial charge in [0, 0.05) is 11.8 Å². The third-order valence-electron chi connectivity index (χ3n) is 4.30. The Bertz CT molecular complexity index is 853. The third-order valence-corrected chi connectivity index (χ3v) is 4.30. The first-order valence-electron chi connectivity index (χ1n) is 7.68. The van der Waals surface area contributed by atoms with E-state index in [-0.39, 0.29) is 5.69 Å². The lowest BCUT2D eigenvalue weighted by Crippen LogP contribution is -2.30. The van der Waals surface area contributed by atoms with Crippen LogP contribution in [-0.2, 0) is 0 Å². The van der Waals surface area contributed by atoms with Crippen molar-refractivity contribution < 1.29 is 4.39 Å². The average molecular weight is 312 g/mol. The second kappa shape index (κ2) is 5.58. The van der Waals surface area contributed by atoms with Gasteiger partial charge in [-0.15, -0.1) is 0 Å². The van der Waals surface area contributed by atoms with Crippen LogP contribution in [0.3, 0.4) is 0 Å². The SMILES string of the molecule is Nc1ccc(-c2nn(C3CCNCC3)c3ncncc23)cc1F. The molecule has 118 valence electrons. The number of piperidine rings is 1. The number of nitrogens with one attached hydrogen (secondary N) is 1. The van der Waals surface area contributed by atoms with Crippen molar-refractivity contribution >= 4 is 16.7 Å². The van der Waals surface area contributed by atoms with E-state index < -0.39 is 5.82 Å². The van der Waals surface area contributed by atoms with Crippen LogP contribution in [0.1, 0.15) is 18.9 Å². The van der Waals surface area contributed by atoms with Gasteiger partial charge in [-0.3, -0.25) is 0 Å². The molecule has 0 amide bonds. The number of fused-ring (bicyclic) bond motifs is 1. The van der Waals surface area contributed by atoms with Gasteiger partial charge in [-0.1, -0.05) is 6.07 Å². The van der Waals surface area contributed by atoms with E-state index in [1.165, 1.54) is 12.4 Å². The molecule has 0 saturated carbocycles. The maximum absolute atomic E-state index is 13.8. The van der Waals surface area contributed by atoms with Gasteiger partial charge in [-0.2, -0.15) is 5.10 Å². The van der Waals surface area contributed by atoms with Crippen LogP contribution in [0.5, 0.6) is 0 Å². The van der Waals surface area contributed by atoms with E-state index in [9.17, 15) is 4.39 Å². The molecular formula is C16H17FN6. The maximum Gasteiger partial charge on any atom is 0.162 e. The summed E-state index contributed by atoms with van der Waals surface area (Å²) in [4.78, 5) is 8.50.